The first-order chi connectivity index (χ1) is 7.54. The highest BCUT2D eigenvalue weighted by Crippen LogP contribution is 2.27. The van der Waals surface area contributed by atoms with E-state index in [9.17, 15) is 0 Å². The lowest BCUT2D eigenvalue weighted by atomic mass is 10.1. The molecule has 0 amide bonds. The van der Waals surface area contributed by atoms with Crippen LogP contribution in [-0.2, 0) is 0 Å². The van der Waals surface area contributed by atoms with Crippen LogP contribution in [0.5, 0.6) is 5.75 Å². The zero-order valence-corrected chi connectivity index (χ0v) is 10.4. The van der Waals surface area contributed by atoms with Gasteiger partial charge in [0.15, 0.2) is 0 Å². The summed E-state index contributed by atoms with van der Waals surface area (Å²) in [5.41, 5.74) is 6.72. The van der Waals surface area contributed by atoms with Crippen LogP contribution < -0.4 is 10.5 Å². The predicted octanol–water partition coefficient (Wildman–Crippen LogP) is 2.37. The van der Waals surface area contributed by atoms with Gasteiger partial charge in [0.05, 0.1) is 11.6 Å². The normalized spacial score (nSPS) is 14.6. The quantitative estimate of drug-likeness (QED) is 0.835. The average Bonchev–Trinajstić information content (AvgIpc) is 2.26. The Bertz CT molecular complexity index is 342. The second-order valence-corrected chi connectivity index (χ2v) is 4.48. The Morgan fingerprint density at radius 1 is 1.44 bits per heavy atom. The first-order valence-electron chi connectivity index (χ1n) is 5.33. The zero-order valence-electron chi connectivity index (χ0n) is 9.61. The SMILES string of the molecule is CC(CO)COc1ccc([C@H](C)N)cc1Cl. The van der Waals surface area contributed by atoms with Crippen LogP contribution in [0.1, 0.15) is 25.5 Å². The summed E-state index contributed by atoms with van der Waals surface area (Å²) in [7, 11) is 0. The van der Waals surface area contributed by atoms with Gasteiger partial charge < -0.3 is 15.6 Å². The molecule has 1 rings (SSSR count). The Labute approximate surface area is 101 Å². The molecule has 3 N–H and O–H groups in total. The van der Waals surface area contributed by atoms with Crippen molar-refractivity contribution in [1.29, 1.82) is 0 Å². The fraction of sp³-hybridized carbons (Fsp3) is 0.500. The molecule has 90 valence electrons. The fourth-order valence-corrected chi connectivity index (χ4v) is 1.45. The number of benzene rings is 1. The fourth-order valence-electron chi connectivity index (χ4n) is 1.20. The molecule has 0 fully saturated rings. The third-order valence-corrected chi connectivity index (χ3v) is 2.61. The van der Waals surface area contributed by atoms with Gasteiger partial charge in [0.1, 0.15) is 5.75 Å². The van der Waals surface area contributed by atoms with Gasteiger partial charge in [0.25, 0.3) is 0 Å². The van der Waals surface area contributed by atoms with Crippen LogP contribution in [0.4, 0.5) is 0 Å². The highest BCUT2D eigenvalue weighted by Gasteiger charge is 2.07. The summed E-state index contributed by atoms with van der Waals surface area (Å²) in [6.45, 7) is 4.37. The number of halogens is 1. The van der Waals surface area contributed by atoms with E-state index in [2.05, 4.69) is 0 Å². The molecule has 0 bridgehead atoms. The second-order valence-electron chi connectivity index (χ2n) is 4.08. The van der Waals surface area contributed by atoms with E-state index in [1.807, 2.05) is 32.0 Å². The highest BCUT2D eigenvalue weighted by atomic mass is 35.5. The zero-order chi connectivity index (χ0) is 12.1. The topological polar surface area (TPSA) is 55.5 Å². The van der Waals surface area contributed by atoms with Gasteiger partial charge in [-0.25, -0.2) is 0 Å². The minimum absolute atomic E-state index is 0.0390. The average molecular weight is 244 g/mol. The van der Waals surface area contributed by atoms with Crippen molar-refractivity contribution < 1.29 is 9.84 Å². The van der Waals surface area contributed by atoms with Gasteiger partial charge in [0, 0.05) is 18.6 Å². The molecule has 1 aromatic carbocycles. The molecule has 0 aliphatic carbocycles. The smallest absolute Gasteiger partial charge is 0.137 e. The lowest BCUT2D eigenvalue weighted by Gasteiger charge is -2.13. The first kappa shape index (κ1) is 13.3. The Kier molecular flexibility index (Phi) is 5.06. The summed E-state index contributed by atoms with van der Waals surface area (Å²) >= 11 is 6.06. The lowest BCUT2D eigenvalue weighted by molar-refractivity contribution is 0.174. The van der Waals surface area contributed by atoms with Crippen molar-refractivity contribution in [1.82, 2.24) is 0 Å². The van der Waals surface area contributed by atoms with Crippen molar-refractivity contribution in [2.24, 2.45) is 11.7 Å². The van der Waals surface area contributed by atoms with Crippen molar-refractivity contribution in [3.63, 3.8) is 0 Å². The Hall–Kier alpha value is -0.770. The van der Waals surface area contributed by atoms with E-state index in [1.54, 1.807) is 0 Å². The van der Waals surface area contributed by atoms with Crippen LogP contribution in [0, 0.1) is 5.92 Å². The van der Waals surface area contributed by atoms with E-state index in [-0.39, 0.29) is 18.6 Å². The molecule has 1 unspecified atom stereocenters. The predicted molar refractivity (Wildman–Crippen MR) is 65.8 cm³/mol. The van der Waals surface area contributed by atoms with Crippen molar-refractivity contribution in [3.8, 4) is 5.75 Å². The van der Waals surface area contributed by atoms with E-state index >= 15 is 0 Å². The molecule has 4 heteroatoms. The molecular weight excluding hydrogens is 226 g/mol. The molecule has 0 aliphatic heterocycles. The molecule has 3 nitrogen and oxygen atoms in total. The minimum atomic E-state index is -0.0390. The van der Waals surface area contributed by atoms with E-state index < -0.39 is 0 Å². The summed E-state index contributed by atoms with van der Waals surface area (Å²) in [6.07, 6.45) is 0. The van der Waals surface area contributed by atoms with Gasteiger partial charge in [-0.1, -0.05) is 24.6 Å². The van der Waals surface area contributed by atoms with Gasteiger partial charge in [0.2, 0.25) is 0 Å². The number of nitrogens with two attached hydrogens (primary N) is 1. The maximum Gasteiger partial charge on any atom is 0.137 e. The second kappa shape index (κ2) is 6.09. The number of aliphatic hydroxyl groups is 1. The molecule has 0 saturated heterocycles. The monoisotopic (exact) mass is 243 g/mol. The molecule has 0 heterocycles. The molecule has 16 heavy (non-hydrogen) atoms. The molecular formula is C12H18ClNO2. The van der Waals surface area contributed by atoms with Gasteiger partial charge in [-0.3, -0.25) is 0 Å². The number of hydrogen-bond donors (Lipinski definition) is 2. The van der Waals surface area contributed by atoms with E-state index in [0.29, 0.717) is 17.4 Å². The number of aliphatic hydroxyl groups excluding tert-OH is 1. The molecule has 0 aliphatic rings. The lowest BCUT2D eigenvalue weighted by Crippen LogP contribution is -2.12. The number of hydrogen-bond acceptors (Lipinski definition) is 3. The van der Waals surface area contributed by atoms with Crippen molar-refractivity contribution in [3.05, 3.63) is 28.8 Å². The number of rotatable bonds is 5. The van der Waals surface area contributed by atoms with E-state index in [0.717, 1.165) is 5.56 Å². The summed E-state index contributed by atoms with van der Waals surface area (Å²) < 4.78 is 5.49. The summed E-state index contributed by atoms with van der Waals surface area (Å²) in [4.78, 5) is 0. The number of ether oxygens (including phenoxy) is 1. The van der Waals surface area contributed by atoms with Crippen molar-refractivity contribution in [2.45, 2.75) is 19.9 Å². The standard InChI is InChI=1S/C12H18ClNO2/c1-8(6-15)7-16-12-4-3-10(9(2)14)5-11(12)13/h3-5,8-9,15H,6-7,14H2,1-2H3/t8?,9-/m0/s1. The maximum atomic E-state index is 8.87. The van der Waals surface area contributed by atoms with Crippen LogP contribution in [0.25, 0.3) is 0 Å². The molecule has 0 spiro atoms. The van der Waals surface area contributed by atoms with Crippen LogP contribution in [0.3, 0.4) is 0 Å². The summed E-state index contributed by atoms with van der Waals surface area (Å²) in [5, 5.41) is 9.42. The Morgan fingerprint density at radius 3 is 2.62 bits per heavy atom. The largest absolute Gasteiger partial charge is 0.492 e. The third kappa shape index (κ3) is 3.67. The molecule has 0 aromatic heterocycles. The third-order valence-electron chi connectivity index (χ3n) is 2.32. The summed E-state index contributed by atoms with van der Waals surface area (Å²) in [6, 6.07) is 5.48. The minimum Gasteiger partial charge on any atom is -0.492 e. The van der Waals surface area contributed by atoms with Crippen LogP contribution in [0.15, 0.2) is 18.2 Å². The van der Waals surface area contributed by atoms with Gasteiger partial charge >= 0.3 is 0 Å². The highest BCUT2D eigenvalue weighted by molar-refractivity contribution is 6.32. The van der Waals surface area contributed by atoms with Gasteiger partial charge in [-0.15, -0.1) is 0 Å². The van der Waals surface area contributed by atoms with Crippen LogP contribution >= 0.6 is 11.6 Å². The first-order valence-corrected chi connectivity index (χ1v) is 5.71. The molecule has 2 atom stereocenters. The molecule has 0 saturated carbocycles. The maximum absolute atomic E-state index is 8.87. The molecule has 1 aromatic rings. The van der Waals surface area contributed by atoms with Gasteiger partial charge in [-0.05, 0) is 24.6 Å². The van der Waals surface area contributed by atoms with Crippen LogP contribution in [-0.4, -0.2) is 18.3 Å². The van der Waals surface area contributed by atoms with Crippen molar-refractivity contribution >= 4 is 11.6 Å². The van der Waals surface area contributed by atoms with E-state index in [1.165, 1.54) is 0 Å². The Morgan fingerprint density at radius 2 is 2.12 bits per heavy atom. The molecule has 0 radical (unpaired) electrons. The Balaban J connectivity index is 2.68. The van der Waals surface area contributed by atoms with Gasteiger partial charge in [-0.2, -0.15) is 0 Å². The van der Waals surface area contributed by atoms with Crippen molar-refractivity contribution in [2.75, 3.05) is 13.2 Å². The van der Waals surface area contributed by atoms with E-state index in [4.69, 9.17) is 27.2 Å². The van der Waals surface area contributed by atoms with Crippen LogP contribution in [0.2, 0.25) is 5.02 Å². The summed E-state index contributed by atoms with van der Waals surface area (Å²) in [5.74, 6) is 0.732.